The molecule has 0 bridgehead atoms. The van der Waals surface area contributed by atoms with Gasteiger partial charge in [0.25, 0.3) is 0 Å². The molecule has 0 fully saturated rings. The van der Waals surface area contributed by atoms with Crippen molar-refractivity contribution in [2.75, 3.05) is 33.2 Å². The molecule has 0 heterocycles. The average Bonchev–Trinajstić information content (AvgIpc) is 2.46. The van der Waals surface area contributed by atoms with Gasteiger partial charge in [-0.15, -0.1) is 0 Å². The second kappa shape index (κ2) is 7.37. The molecule has 1 aromatic carbocycles. The van der Waals surface area contributed by atoms with Crippen LogP contribution in [0.4, 0.5) is 5.69 Å². The van der Waals surface area contributed by atoms with Crippen LogP contribution in [0.5, 0.6) is 17.2 Å². The Labute approximate surface area is 114 Å². The van der Waals surface area contributed by atoms with Gasteiger partial charge in [-0.25, -0.2) is 0 Å². The summed E-state index contributed by atoms with van der Waals surface area (Å²) in [5.41, 5.74) is 0.836. The molecule has 0 amide bonds. The fourth-order valence-corrected chi connectivity index (χ4v) is 1.71. The highest BCUT2D eigenvalue weighted by atomic mass is 16.5. The minimum absolute atomic E-state index is 0.0147. The van der Waals surface area contributed by atoms with Crippen LogP contribution in [0.2, 0.25) is 0 Å². The Morgan fingerprint density at radius 2 is 1.74 bits per heavy atom. The predicted molar refractivity (Wildman–Crippen MR) is 74.0 cm³/mol. The lowest BCUT2D eigenvalue weighted by atomic mass is 10.1. The summed E-state index contributed by atoms with van der Waals surface area (Å²) in [5, 5.41) is 12.1. The maximum atomic E-state index is 8.93. The van der Waals surface area contributed by atoms with Crippen molar-refractivity contribution in [3.8, 4) is 23.3 Å². The van der Waals surface area contributed by atoms with Gasteiger partial charge in [0.05, 0.1) is 33.3 Å². The van der Waals surface area contributed by atoms with E-state index in [1.54, 1.807) is 21.3 Å². The Balaban J connectivity index is 2.94. The van der Waals surface area contributed by atoms with Gasteiger partial charge in [0.15, 0.2) is 11.5 Å². The van der Waals surface area contributed by atoms with Crippen molar-refractivity contribution in [3.63, 3.8) is 0 Å². The molecule has 1 atom stereocenters. The van der Waals surface area contributed by atoms with E-state index in [-0.39, 0.29) is 5.92 Å². The van der Waals surface area contributed by atoms with Crippen molar-refractivity contribution in [2.45, 2.75) is 13.3 Å². The van der Waals surface area contributed by atoms with Crippen LogP contribution in [0.3, 0.4) is 0 Å². The number of anilines is 1. The fourth-order valence-electron chi connectivity index (χ4n) is 1.71. The van der Waals surface area contributed by atoms with Gasteiger partial charge < -0.3 is 19.5 Å². The van der Waals surface area contributed by atoms with E-state index in [2.05, 4.69) is 11.4 Å². The maximum absolute atomic E-state index is 8.93. The predicted octanol–water partition coefficient (Wildman–Crippen LogP) is 2.67. The highest BCUT2D eigenvalue weighted by Gasteiger charge is 2.13. The van der Waals surface area contributed by atoms with E-state index in [1.807, 2.05) is 19.1 Å². The van der Waals surface area contributed by atoms with E-state index in [0.29, 0.717) is 23.8 Å². The minimum atomic E-state index is -0.0147. The van der Waals surface area contributed by atoms with Gasteiger partial charge in [-0.05, 0) is 6.42 Å². The molecule has 0 aromatic heterocycles. The lowest BCUT2D eigenvalue weighted by Crippen LogP contribution is -2.12. The monoisotopic (exact) mass is 264 g/mol. The van der Waals surface area contributed by atoms with Crippen LogP contribution < -0.4 is 19.5 Å². The molecule has 0 saturated heterocycles. The Morgan fingerprint density at radius 1 is 1.16 bits per heavy atom. The van der Waals surface area contributed by atoms with E-state index in [1.165, 1.54) is 0 Å². The molecule has 0 spiro atoms. The quantitative estimate of drug-likeness (QED) is 0.820. The number of hydrogen-bond donors (Lipinski definition) is 1. The zero-order chi connectivity index (χ0) is 14.3. The van der Waals surface area contributed by atoms with Gasteiger partial charge in [0, 0.05) is 24.4 Å². The summed E-state index contributed by atoms with van der Waals surface area (Å²) in [6.45, 7) is 2.58. The summed E-state index contributed by atoms with van der Waals surface area (Å²) in [6, 6.07) is 5.90. The van der Waals surface area contributed by atoms with Crippen LogP contribution in [0.15, 0.2) is 12.1 Å². The molecule has 1 N–H and O–H groups in total. The number of benzene rings is 1. The van der Waals surface area contributed by atoms with Crippen molar-refractivity contribution in [1.82, 2.24) is 0 Å². The number of rotatable bonds is 7. The Kier molecular flexibility index (Phi) is 5.80. The van der Waals surface area contributed by atoms with E-state index in [9.17, 15) is 0 Å². The van der Waals surface area contributed by atoms with Crippen LogP contribution in [0.1, 0.15) is 13.3 Å². The molecule has 19 heavy (non-hydrogen) atoms. The van der Waals surface area contributed by atoms with E-state index < -0.39 is 0 Å². The molecule has 1 rings (SSSR count). The number of methoxy groups -OCH3 is 3. The fraction of sp³-hybridized carbons (Fsp3) is 0.500. The molecule has 0 aliphatic rings. The van der Waals surface area contributed by atoms with E-state index in [4.69, 9.17) is 19.5 Å². The molecule has 0 aliphatic heterocycles. The summed E-state index contributed by atoms with van der Waals surface area (Å²) >= 11 is 0. The summed E-state index contributed by atoms with van der Waals surface area (Å²) in [5.74, 6) is 1.73. The van der Waals surface area contributed by atoms with Gasteiger partial charge in [0.2, 0.25) is 5.75 Å². The highest BCUT2D eigenvalue weighted by Crippen LogP contribution is 2.39. The minimum Gasteiger partial charge on any atom is -0.493 e. The van der Waals surface area contributed by atoms with E-state index in [0.717, 1.165) is 12.1 Å². The molecule has 0 radical (unpaired) electrons. The van der Waals surface area contributed by atoms with Gasteiger partial charge in [-0.3, -0.25) is 0 Å². The number of nitriles is 1. The van der Waals surface area contributed by atoms with E-state index >= 15 is 0 Å². The third-order valence-corrected chi connectivity index (χ3v) is 2.89. The van der Waals surface area contributed by atoms with Crippen molar-refractivity contribution in [2.24, 2.45) is 5.92 Å². The second-order valence-electron chi connectivity index (χ2n) is 4.03. The van der Waals surface area contributed by atoms with Crippen molar-refractivity contribution in [1.29, 1.82) is 5.26 Å². The molecule has 1 unspecified atom stereocenters. The zero-order valence-corrected chi connectivity index (χ0v) is 11.8. The van der Waals surface area contributed by atoms with Crippen molar-refractivity contribution >= 4 is 5.69 Å². The molecule has 104 valence electrons. The maximum Gasteiger partial charge on any atom is 0.203 e. The standard InChI is InChI=1S/C14H20N2O3/c1-5-10(8-15)9-16-11-6-12(17-2)14(19-4)13(7-11)18-3/h6-7,10,16H,5,9H2,1-4H3. The highest BCUT2D eigenvalue weighted by molar-refractivity contribution is 5.62. The molecular weight excluding hydrogens is 244 g/mol. The molecule has 0 aliphatic carbocycles. The number of nitrogens with one attached hydrogen (secondary N) is 1. The van der Waals surface area contributed by atoms with Crippen LogP contribution in [-0.4, -0.2) is 27.9 Å². The number of nitrogens with zero attached hydrogens (tertiary/aromatic N) is 1. The first kappa shape index (κ1) is 15.0. The first-order chi connectivity index (χ1) is 9.19. The topological polar surface area (TPSA) is 63.5 Å². The smallest absolute Gasteiger partial charge is 0.203 e. The van der Waals surface area contributed by atoms with Gasteiger partial charge >= 0.3 is 0 Å². The summed E-state index contributed by atoms with van der Waals surface area (Å²) in [6.07, 6.45) is 0.813. The molecule has 5 heteroatoms. The normalized spacial score (nSPS) is 11.3. The van der Waals surface area contributed by atoms with Crippen LogP contribution in [-0.2, 0) is 0 Å². The summed E-state index contributed by atoms with van der Waals surface area (Å²) in [7, 11) is 4.71. The first-order valence-electron chi connectivity index (χ1n) is 6.13. The Hall–Kier alpha value is -2.09. The number of hydrogen-bond acceptors (Lipinski definition) is 5. The third kappa shape index (κ3) is 3.68. The first-order valence-corrected chi connectivity index (χ1v) is 6.13. The largest absolute Gasteiger partial charge is 0.493 e. The van der Waals surface area contributed by atoms with Crippen LogP contribution >= 0.6 is 0 Å². The molecule has 1 aromatic rings. The van der Waals surface area contributed by atoms with Crippen molar-refractivity contribution < 1.29 is 14.2 Å². The molecule has 5 nitrogen and oxygen atoms in total. The van der Waals surface area contributed by atoms with Crippen molar-refractivity contribution in [3.05, 3.63) is 12.1 Å². The third-order valence-electron chi connectivity index (χ3n) is 2.89. The Bertz CT molecular complexity index is 429. The summed E-state index contributed by atoms with van der Waals surface area (Å²) in [4.78, 5) is 0. The van der Waals surface area contributed by atoms with Gasteiger partial charge in [-0.2, -0.15) is 5.26 Å². The summed E-state index contributed by atoms with van der Waals surface area (Å²) < 4.78 is 15.8. The Morgan fingerprint density at radius 3 is 2.11 bits per heavy atom. The van der Waals surface area contributed by atoms with Gasteiger partial charge in [-0.1, -0.05) is 6.92 Å². The van der Waals surface area contributed by atoms with Crippen LogP contribution in [0.25, 0.3) is 0 Å². The SMILES string of the molecule is CCC(C#N)CNc1cc(OC)c(OC)c(OC)c1. The lowest BCUT2D eigenvalue weighted by Gasteiger charge is -2.16. The second-order valence-corrected chi connectivity index (χ2v) is 4.03. The zero-order valence-electron chi connectivity index (χ0n) is 11.8. The van der Waals surface area contributed by atoms with Crippen LogP contribution in [0, 0.1) is 17.2 Å². The average molecular weight is 264 g/mol. The lowest BCUT2D eigenvalue weighted by molar-refractivity contribution is 0.324. The van der Waals surface area contributed by atoms with Gasteiger partial charge in [0.1, 0.15) is 0 Å². The molecular formula is C14H20N2O3. The number of ether oxygens (including phenoxy) is 3. The molecule has 0 saturated carbocycles.